The lowest BCUT2D eigenvalue weighted by Gasteiger charge is -2.12. The zero-order valence-electron chi connectivity index (χ0n) is 10.1. The van der Waals surface area contributed by atoms with E-state index in [9.17, 15) is 4.79 Å². The van der Waals surface area contributed by atoms with Crippen molar-refractivity contribution in [3.63, 3.8) is 0 Å². The van der Waals surface area contributed by atoms with Crippen molar-refractivity contribution < 1.29 is 9.90 Å². The summed E-state index contributed by atoms with van der Waals surface area (Å²) in [6, 6.07) is 10.1. The van der Waals surface area contributed by atoms with Crippen LogP contribution in [0.2, 0.25) is 0 Å². The van der Waals surface area contributed by atoms with Gasteiger partial charge in [0.05, 0.1) is 12.4 Å². The van der Waals surface area contributed by atoms with E-state index in [4.69, 9.17) is 5.11 Å². The van der Waals surface area contributed by atoms with Crippen LogP contribution in [0.3, 0.4) is 0 Å². The SMILES string of the molecule is CC(CNC(=O)CSCCO)c1ccccc1. The van der Waals surface area contributed by atoms with Crippen LogP contribution in [0.5, 0.6) is 0 Å². The lowest BCUT2D eigenvalue weighted by molar-refractivity contribution is -0.118. The predicted molar refractivity (Wildman–Crippen MR) is 72.3 cm³/mol. The van der Waals surface area contributed by atoms with Gasteiger partial charge in [-0.25, -0.2) is 0 Å². The summed E-state index contributed by atoms with van der Waals surface area (Å²) < 4.78 is 0. The third-order valence-electron chi connectivity index (χ3n) is 2.44. The van der Waals surface area contributed by atoms with E-state index < -0.39 is 0 Å². The molecule has 0 aromatic heterocycles. The molecule has 94 valence electrons. The number of aliphatic hydroxyl groups is 1. The molecule has 3 nitrogen and oxygen atoms in total. The highest BCUT2D eigenvalue weighted by molar-refractivity contribution is 7.99. The molecule has 0 radical (unpaired) electrons. The number of hydrogen-bond acceptors (Lipinski definition) is 3. The fourth-order valence-corrected chi connectivity index (χ4v) is 2.01. The van der Waals surface area contributed by atoms with E-state index in [1.165, 1.54) is 17.3 Å². The molecule has 0 aliphatic carbocycles. The first kappa shape index (κ1) is 14.1. The van der Waals surface area contributed by atoms with Crippen LogP contribution in [0.1, 0.15) is 18.4 Å². The Bertz CT molecular complexity index is 329. The number of aliphatic hydroxyl groups excluding tert-OH is 1. The van der Waals surface area contributed by atoms with Crippen molar-refractivity contribution in [3.05, 3.63) is 35.9 Å². The number of amides is 1. The van der Waals surface area contributed by atoms with Gasteiger partial charge in [0.2, 0.25) is 5.91 Å². The van der Waals surface area contributed by atoms with Crippen molar-refractivity contribution in [2.45, 2.75) is 12.8 Å². The van der Waals surface area contributed by atoms with E-state index >= 15 is 0 Å². The topological polar surface area (TPSA) is 49.3 Å². The summed E-state index contributed by atoms with van der Waals surface area (Å²) in [4.78, 5) is 11.4. The second-order valence-corrected chi connectivity index (χ2v) is 5.00. The summed E-state index contributed by atoms with van der Waals surface area (Å²) in [7, 11) is 0. The van der Waals surface area contributed by atoms with Gasteiger partial charge in [-0.2, -0.15) is 0 Å². The van der Waals surface area contributed by atoms with Crippen molar-refractivity contribution in [1.29, 1.82) is 0 Å². The lowest BCUT2D eigenvalue weighted by Crippen LogP contribution is -2.29. The Kier molecular flexibility index (Phi) is 6.74. The van der Waals surface area contributed by atoms with E-state index in [1.807, 2.05) is 18.2 Å². The van der Waals surface area contributed by atoms with Crippen LogP contribution >= 0.6 is 11.8 Å². The number of carbonyl (C=O) groups excluding carboxylic acids is 1. The van der Waals surface area contributed by atoms with Gasteiger partial charge in [-0.3, -0.25) is 4.79 Å². The minimum Gasteiger partial charge on any atom is -0.396 e. The van der Waals surface area contributed by atoms with Crippen LogP contribution in [0.25, 0.3) is 0 Å². The monoisotopic (exact) mass is 253 g/mol. The molecule has 0 saturated heterocycles. The number of hydrogen-bond donors (Lipinski definition) is 2. The lowest BCUT2D eigenvalue weighted by atomic mass is 10.0. The molecule has 2 N–H and O–H groups in total. The maximum atomic E-state index is 11.4. The Labute approximate surface area is 107 Å². The fraction of sp³-hybridized carbons (Fsp3) is 0.462. The number of rotatable bonds is 7. The van der Waals surface area contributed by atoms with E-state index in [-0.39, 0.29) is 12.5 Å². The molecule has 0 spiro atoms. The fourth-order valence-electron chi connectivity index (χ4n) is 1.45. The maximum absolute atomic E-state index is 11.4. The highest BCUT2D eigenvalue weighted by Crippen LogP contribution is 2.12. The maximum Gasteiger partial charge on any atom is 0.230 e. The van der Waals surface area contributed by atoms with Gasteiger partial charge in [0.25, 0.3) is 0 Å². The molecule has 1 aromatic rings. The van der Waals surface area contributed by atoms with E-state index in [2.05, 4.69) is 24.4 Å². The van der Waals surface area contributed by atoms with Crippen molar-refractivity contribution >= 4 is 17.7 Å². The zero-order valence-corrected chi connectivity index (χ0v) is 10.9. The highest BCUT2D eigenvalue weighted by atomic mass is 32.2. The van der Waals surface area contributed by atoms with Gasteiger partial charge in [-0.15, -0.1) is 11.8 Å². The van der Waals surface area contributed by atoms with E-state index in [1.54, 1.807) is 0 Å². The molecular formula is C13H19NO2S. The molecule has 4 heteroatoms. The standard InChI is InChI=1S/C13H19NO2S/c1-11(12-5-3-2-4-6-12)9-14-13(16)10-17-8-7-15/h2-6,11,15H,7-10H2,1H3,(H,14,16). The smallest absolute Gasteiger partial charge is 0.230 e. The van der Waals surface area contributed by atoms with Crippen LogP contribution in [0, 0.1) is 0 Å². The largest absolute Gasteiger partial charge is 0.396 e. The van der Waals surface area contributed by atoms with Gasteiger partial charge in [-0.1, -0.05) is 37.3 Å². The van der Waals surface area contributed by atoms with Crippen LogP contribution in [-0.2, 0) is 4.79 Å². The molecule has 1 amide bonds. The number of thioether (sulfide) groups is 1. The number of benzene rings is 1. The van der Waals surface area contributed by atoms with Crippen LogP contribution in [-0.4, -0.2) is 35.7 Å². The Morgan fingerprint density at radius 2 is 2.12 bits per heavy atom. The molecule has 0 bridgehead atoms. The van der Waals surface area contributed by atoms with Gasteiger partial charge in [-0.05, 0) is 11.5 Å². The van der Waals surface area contributed by atoms with Crippen LogP contribution in [0.4, 0.5) is 0 Å². The average Bonchev–Trinajstić information content (AvgIpc) is 2.37. The van der Waals surface area contributed by atoms with Gasteiger partial charge in [0, 0.05) is 12.3 Å². The highest BCUT2D eigenvalue weighted by Gasteiger charge is 2.07. The summed E-state index contributed by atoms with van der Waals surface area (Å²) in [6.45, 7) is 2.87. The van der Waals surface area contributed by atoms with Crippen LogP contribution in [0.15, 0.2) is 30.3 Å². The molecule has 1 atom stereocenters. The van der Waals surface area contributed by atoms with E-state index in [0.717, 1.165) is 0 Å². The second kappa shape index (κ2) is 8.14. The molecule has 1 unspecified atom stereocenters. The van der Waals surface area contributed by atoms with Crippen molar-refractivity contribution in [2.24, 2.45) is 0 Å². The van der Waals surface area contributed by atoms with Crippen LogP contribution < -0.4 is 5.32 Å². The molecule has 0 heterocycles. The summed E-state index contributed by atoms with van der Waals surface area (Å²) >= 11 is 1.45. The summed E-state index contributed by atoms with van der Waals surface area (Å²) in [6.07, 6.45) is 0. The molecule has 0 saturated carbocycles. The second-order valence-electron chi connectivity index (χ2n) is 3.89. The molecule has 0 aliphatic rings. The third kappa shape index (κ3) is 5.75. The van der Waals surface area contributed by atoms with Crippen molar-refractivity contribution in [3.8, 4) is 0 Å². The predicted octanol–water partition coefficient (Wildman–Crippen LogP) is 1.63. The third-order valence-corrected chi connectivity index (χ3v) is 3.38. The van der Waals surface area contributed by atoms with E-state index in [0.29, 0.717) is 24.0 Å². The molecule has 0 fully saturated rings. The Morgan fingerprint density at radius 1 is 1.41 bits per heavy atom. The summed E-state index contributed by atoms with van der Waals surface area (Å²) in [5.74, 6) is 1.39. The summed E-state index contributed by atoms with van der Waals surface area (Å²) in [5, 5.41) is 11.5. The number of nitrogens with one attached hydrogen (secondary N) is 1. The molecular weight excluding hydrogens is 234 g/mol. The average molecular weight is 253 g/mol. The Hall–Kier alpha value is -1.00. The van der Waals surface area contributed by atoms with Gasteiger partial charge in [0.15, 0.2) is 0 Å². The molecule has 1 rings (SSSR count). The Balaban J connectivity index is 2.24. The minimum absolute atomic E-state index is 0.0335. The Morgan fingerprint density at radius 3 is 2.76 bits per heavy atom. The van der Waals surface area contributed by atoms with Gasteiger partial charge in [0.1, 0.15) is 0 Å². The van der Waals surface area contributed by atoms with Crippen molar-refractivity contribution in [1.82, 2.24) is 5.32 Å². The quantitative estimate of drug-likeness (QED) is 0.726. The first-order valence-electron chi connectivity index (χ1n) is 5.74. The van der Waals surface area contributed by atoms with Gasteiger partial charge >= 0.3 is 0 Å². The zero-order chi connectivity index (χ0) is 12.5. The molecule has 0 aliphatic heterocycles. The normalized spacial score (nSPS) is 12.1. The summed E-state index contributed by atoms with van der Waals surface area (Å²) in [5.41, 5.74) is 1.23. The molecule has 1 aromatic carbocycles. The molecule has 17 heavy (non-hydrogen) atoms. The number of carbonyl (C=O) groups is 1. The first-order chi connectivity index (χ1) is 8.24. The minimum atomic E-state index is 0.0335. The van der Waals surface area contributed by atoms with Gasteiger partial charge < -0.3 is 10.4 Å². The first-order valence-corrected chi connectivity index (χ1v) is 6.89. The van der Waals surface area contributed by atoms with Crippen molar-refractivity contribution in [2.75, 3.05) is 24.7 Å².